The lowest BCUT2D eigenvalue weighted by Gasteiger charge is -2.36. The van der Waals surface area contributed by atoms with Crippen molar-refractivity contribution < 1.29 is 20.4 Å². The van der Waals surface area contributed by atoms with Gasteiger partial charge in [0.2, 0.25) is 0 Å². The molecule has 5 rings (SSSR count). The number of hydrogen-bond donors (Lipinski definition) is 4. The van der Waals surface area contributed by atoms with Gasteiger partial charge in [0.25, 0.3) is 0 Å². The highest BCUT2D eigenvalue weighted by Crippen LogP contribution is 2.49. The van der Waals surface area contributed by atoms with E-state index < -0.39 is 10.8 Å². The van der Waals surface area contributed by atoms with Crippen LogP contribution in [0.2, 0.25) is 0 Å². The minimum atomic E-state index is -0.811. The van der Waals surface area contributed by atoms with E-state index in [4.69, 9.17) is 0 Å². The van der Waals surface area contributed by atoms with Crippen molar-refractivity contribution in [2.75, 3.05) is 0 Å². The predicted molar refractivity (Wildman–Crippen MR) is 150 cm³/mol. The number of rotatable bonds is 6. The molecular formula is C34H30O4. The van der Waals surface area contributed by atoms with Crippen LogP contribution in [-0.2, 0) is 10.8 Å². The summed E-state index contributed by atoms with van der Waals surface area (Å²) in [4.78, 5) is 0. The first kappa shape index (κ1) is 25.0. The van der Waals surface area contributed by atoms with Gasteiger partial charge in [-0.05, 0) is 66.4 Å². The highest BCUT2D eigenvalue weighted by molar-refractivity contribution is 5.63. The number of benzene rings is 5. The van der Waals surface area contributed by atoms with Crippen molar-refractivity contribution in [3.8, 4) is 23.0 Å². The first-order valence-electron chi connectivity index (χ1n) is 12.5. The van der Waals surface area contributed by atoms with Gasteiger partial charge in [-0.3, -0.25) is 0 Å². The summed E-state index contributed by atoms with van der Waals surface area (Å²) in [6.45, 7) is 4.07. The van der Waals surface area contributed by atoms with Gasteiger partial charge in [-0.25, -0.2) is 0 Å². The Morgan fingerprint density at radius 2 is 0.711 bits per heavy atom. The third-order valence-electron chi connectivity index (χ3n) is 7.78. The second kappa shape index (κ2) is 9.64. The highest BCUT2D eigenvalue weighted by Gasteiger charge is 2.39. The van der Waals surface area contributed by atoms with Crippen molar-refractivity contribution in [1.82, 2.24) is 0 Å². The van der Waals surface area contributed by atoms with E-state index in [2.05, 4.69) is 0 Å². The van der Waals surface area contributed by atoms with Gasteiger partial charge >= 0.3 is 0 Å². The molecule has 190 valence electrons. The number of aromatic hydroxyl groups is 4. The molecule has 4 nitrogen and oxygen atoms in total. The molecule has 2 atom stereocenters. The molecule has 38 heavy (non-hydrogen) atoms. The van der Waals surface area contributed by atoms with Crippen molar-refractivity contribution in [2.45, 2.75) is 24.7 Å². The fourth-order valence-electron chi connectivity index (χ4n) is 5.47. The fraction of sp³-hybridized carbons (Fsp3) is 0.118. The lowest BCUT2D eigenvalue weighted by Crippen LogP contribution is -2.29. The maximum atomic E-state index is 11.3. The maximum absolute atomic E-state index is 11.3. The van der Waals surface area contributed by atoms with Crippen LogP contribution in [0.1, 0.15) is 47.2 Å². The Balaban J connectivity index is 1.82. The molecule has 0 saturated heterocycles. The van der Waals surface area contributed by atoms with Crippen LogP contribution in [0.25, 0.3) is 0 Å². The molecule has 2 unspecified atom stereocenters. The number of phenolic OH excluding ortho intramolecular Hbond substituents is 4. The first-order valence-corrected chi connectivity index (χ1v) is 12.5. The molecule has 5 aromatic rings. The van der Waals surface area contributed by atoms with Gasteiger partial charge in [0.05, 0.1) is 0 Å². The third-order valence-corrected chi connectivity index (χ3v) is 7.78. The van der Waals surface area contributed by atoms with E-state index in [1.165, 1.54) is 6.07 Å². The molecule has 0 aliphatic heterocycles. The van der Waals surface area contributed by atoms with Gasteiger partial charge < -0.3 is 20.4 Å². The second-order valence-electron chi connectivity index (χ2n) is 9.96. The van der Waals surface area contributed by atoms with E-state index in [-0.39, 0.29) is 23.0 Å². The lowest BCUT2D eigenvalue weighted by atomic mass is 9.66. The Hall–Kier alpha value is -4.70. The smallest absolute Gasteiger partial charge is 0.123 e. The standard InChI is InChI=1S/C34H30O4/c1-33(23-9-5-3-6-10-23,25-13-17-27(35)18-14-25)29-21-30(32(38)22-31(29)37)34(2,24-11-7-4-8-12-24)26-15-19-28(36)20-16-26/h3-22,35-38H,1-2H3. The Morgan fingerprint density at radius 3 is 1.05 bits per heavy atom. The van der Waals surface area contributed by atoms with Gasteiger partial charge in [-0.2, -0.15) is 0 Å². The molecule has 0 saturated carbocycles. The van der Waals surface area contributed by atoms with Gasteiger partial charge in [-0.15, -0.1) is 0 Å². The number of phenols is 4. The number of hydrogen-bond acceptors (Lipinski definition) is 4. The van der Waals surface area contributed by atoms with Gasteiger partial charge in [0, 0.05) is 28.0 Å². The highest BCUT2D eigenvalue weighted by atomic mass is 16.3. The summed E-state index contributed by atoms with van der Waals surface area (Å²) in [6, 6.07) is 37.0. The van der Waals surface area contributed by atoms with Crippen LogP contribution in [0.3, 0.4) is 0 Å². The van der Waals surface area contributed by atoms with Crippen LogP contribution in [0, 0.1) is 0 Å². The topological polar surface area (TPSA) is 80.9 Å². The van der Waals surface area contributed by atoms with Crippen molar-refractivity contribution >= 4 is 0 Å². The molecule has 0 aliphatic rings. The van der Waals surface area contributed by atoms with Crippen LogP contribution >= 0.6 is 0 Å². The fourth-order valence-corrected chi connectivity index (χ4v) is 5.47. The monoisotopic (exact) mass is 502 g/mol. The molecular weight excluding hydrogens is 472 g/mol. The molecule has 0 amide bonds. The maximum Gasteiger partial charge on any atom is 0.123 e. The largest absolute Gasteiger partial charge is 0.508 e. The lowest BCUT2D eigenvalue weighted by molar-refractivity contribution is 0.429. The zero-order valence-electron chi connectivity index (χ0n) is 21.3. The zero-order valence-corrected chi connectivity index (χ0v) is 21.3. The predicted octanol–water partition coefficient (Wildman–Crippen LogP) is 7.22. The van der Waals surface area contributed by atoms with Crippen LogP contribution in [0.15, 0.2) is 121 Å². The van der Waals surface area contributed by atoms with Crippen molar-refractivity contribution in [3.63, 3.8) is 0 Å². The molecule has 0 spiro atoms. The van der Waals surface area contributed by atoms with Gasteiger partial charge in [0.1, 0.15) is 23.0 Å². The summed E-state index contributed by atoms with van der Waals surface area (Å²) in [7, 11) is 0. The zero-order chi connectivity index (χ0) is 26.9. The normalized spacial score (nSPS) is 14.4. The van der Waals surface area contributed by atoms with Crippen molar-refractivity contribution in [2.24, 2.45) is 0 Å². The summed E-state index contributed by atoms with van der Waals surface area (Å²) in [5.41, 5.74) is 3.25. The van der Waals surface area contributed by atoms with Crippen molar-refractivity contribution in [3.05, 3.63) is 155 Å². The van der Waals surface area contributed by atoms with E-state index in [0.717, 1.165) is 22.3 Å². The van der Waals surface area contributed by atoms with Crippen LogP contribution in [-0.4, -0.2) is 20.4 Å². The molecule has 5 aromatic carbocycles. The van der Waals surface area contributed by atoms with Gasteiger partial charge in [0.15, 0.2) is 0 Å². The van der Waals surface area contributed by atoms with E-state index in [1.807, 2.05) is 105 Å². The quantitative estimate of drug-likeness (QED) is 0.185. The summed E-state index contributed by atoms with van der Waals surface area (Å²) < 4.78 is 0. The average Bonchev–Trinajstić information content (AvgIpc) is 2.94. The second-order valence-corrected chi connectivity index (χ2v) is 9.96. The van der Waals surface area contributed by atoms with E-state index in [1.54, 1.807) is 24.3 Å². The van der Waals surface area contributed by atoms with E-state index in [9.17, 15) is 20.4 Å². The van der Waals surface area contributed by atoms with Gasteiger partial charge in [-0.1, -0.05) is 84.9 Å². The summed E-state index contributed by atoms with van der Waals surface area (Å²) >= 11 is 0. The summed E-state index contributed by atoms with van der Waals surface area (Å²) in [6.07, 6.45) is 0. The molecule has 0 bridgehead atoms. The molecule has 0 aromatic heterocycles. The molecule has 4 heteroatoms. The molecule has 0 aliphatic carbocycles. The SMILES string of the molecule is CC(c1ccccc1)(c1ccc(O)cc1)c1cc(C(C)(c2ccccc2)c2ccc(O)cc2)c(O)cc1O. The molecule has 0 fully saturated rings. The van der Waals surface area contributed by atoms with Crippen LogP contribution in [0.4, 0.5) is 0 Å². The molecule has 0 radical (unpaired) electrons. The Labute approximate surface area is 222 Å². The van der Waals surface area contributed by atoms with Crippen LogP contribution in [0.5, 0.6) is 23.0 Å². The Kier molecular flexibility index (Phi) is 6.33. The Morgan fingerprint density at radius 1 is 0.395 bits per heavy atom. The molecule has 0 heterocycles. The first-order chi connectivity index (χ1) is 18.2. The van der Waals surface area contributed by atoms with Crippen molar-refractivity contribution in [1.29, 1.82) is 0 Å². The average molecular weight is 503 g/mol. The minimum Gasteiger partial charge on any atom is -0.508 e. The molecule has 4 N–H and O–H groups in total. The minimum absolute atomic E-state index is 0.0354. The van der Waals surface area contributed by atoms with Crippen LogP contribution < -0.4 is 0 Å². The van der Waals surface area contributed by atoms with E-state index >= 15 is 0 Å². The Bertz CT molecular complexity index is 1430. The summed E-state index contributed by atoms with van der Waals surface area (Å²) in [5, 5.41) is 42.6. The van der Waals surface area contributed by atoms with E-state index in [0.29, 0.717) is 11.1 Å². The summed E-state index contributed by atoms with van der Waals surface area (Å²) in [5.74, 6) is 0.242. The third kappa shape index (κ3) is 4.14.